The average Bonchev–Trinajstić information content (AvgIpc) is 2.51. The molecule has 0 spiro atoms. The number of pyridine rings is 1. The minimum absolute atomic E-state index is 0.261. The first kappa shape index (κ1) is 8.84. The molecule has 13 heavy (non-hydrogen) atoms. The molecule has 0 fully saturated rings. The van der Waals surface area contributed by atoms with Crippen molar-refractivity contribution in [2.75, 3.05) is 0 Å². The van der Waals surface area contributed by atoms with E-state index in [0.717, 1.165) is 10.0 Å². The molecule has 2 rings (SSSR count). The maximum Gasteiger partial charge on any atom is 0.126 e. The average molecular weight is 258 g/mol. The van der Waals surface area contributed by atoms with Crippen molar-refractivity contribution in [3.05, 3.63) is 39.4 Å². The molecule has 0 aliphatic carbocycles. The van der Waals surface area contributed by atoms with Gasteiger partial charge in [-0.3, -0.25) is 4.98 Å². The van der Waals surface area contributed by atoms with Crippen molar-refractivity contribution in [1.82, 2.24) is 4.98 Å². The molecule has 0 radical (unpaired) electrons. The smallest absolute Gasteiger partial charge is 0.126 e. The Morgan fingerprint density at radius 3 is 2.85 bits per heavy atom. The fraction of sp³-hybridized carbons (Fsp3) is 0. The fourth-order valence-corrected chi connectivity index (χ4v) is 2.51. The van der Waals surface area contributed by atoms with Gasteiger partial charge < -0.3 is 0 Å². The monoisotopic (exact) mass is 257 g/mol. The van der Waals surface area contributed by atoms with Crippen molar-refractivity contribution in [2.45, 2.75) is 0 Å². The third-order valence-corrected chi connectivity index (χ3v) is 3.32. The number of hydrogen-bond donors (Lipinski definition) is 0. The predicted octanol–water partition coefficient (Wildman–Crippen LogP) is 3.71. The maximum absolute atomic E-state index is 12.8. The molecule has 2 aromatic rings. The Labute approximate surface area is 87.4 Å². The van der Waals surface area contributed by atoms with E-state index >= 15 is 0 Å². The first-order chi connectivity index (χ1) is 6.27. The summed E-state index contributed by atoms with van der Waals surface area (Å²) in [7, 11) is 0. The van der Waals surface area contributed by atoms with Crippen LogP contribution in [-0.4, -0.2) is 4.98 Å². The van der Waals surface area contributed by atoms with Crippen molar-refractivity contribution in [1.29, 1.82) is 0 Å². The molecule has 2 aromatic heterocycles. The Morgan fingerprint density at radius 1 is 1.38 bits per heavy atom. The quantitative estimate of drug-likeness (QED) is 0.759. The zero-order valence-corrected chi connectivity index (χ0v) is 8.90. The van der Waals surface area contributed by atoms with Gasteiger partial charge in [0.2, 0.25) is 0 Å². The summed E-state index contributed by atoms with van der Waals surface area (Å²) in [5, 5.41) is 3.88. The lowest BCUT2D eigenvalue weighted by atomic mass is 10.2. The zero-order valence-electron chi connectivity index (χ0n) is 6.50. The van der Waals surface area contributed by atoms with Gasteiger partial charge in [-0.05, 0) is 22.0 Å². The summed E-state index contributed by atoms with van der Waals surface area (Å²) in [5.41, 5.74) is 1.60. The van der Waals surface area contributed by atoms with Crippen molar-refractivity contribution >= 4 is 27.3 Å². The van der Waals surface area contributed by atoms with Crippen LogP contribution in [0.25, 0.3) is 11.3 Å². The fourth-order valence-electron chi connectivity index (χ4n) is 1.02. The molecule has 0 aromatic carbocycles. The van der Waals surface area contributed by atoms with E-state index in [4.69, 9.17) is 0 Å². The highest BCUT2D eigenvalue weighted by Gasteiger charge is 2.05. The number of hydrogen-bond acceptors (Lipinski definition) is 2. The Bertz CT molecular complexity index is 427. The Hall–Kier alpha value is -0.740. The molecule has 0 aliphatic heterocycles. The molecule has 2 heterocycles. The van der Waals surface area contributed by atoms with Gasteiger partial charge in [-0.2, -0.15) is 11.3 Å². The highest BCUT2D eigenvalue weighted by molar-refractivity contribution is 9.10. The van der Waals surface area contributed by atoms with Crippen LogP contribution in [0.1, 0.15) is 0 Å². The highest BCUT2D eigenvalue weighted by atomic mass is 79.9. The van der Waals surface area contributed by atoms with Crippen LogP contribution in [0.3, 0.4) is 0 Å². The molecule has 0 aliphatic rings. The Kier molecular flexibility index (Phi) is 2.42. The van der Waals surface area contributed by atoms with Gasteiger partial charge in [-0.1, -0.05) is 0 Å². The second-order valence-corrected chi connectivity index (χ2v) is 4.09. The summed E-state index contributed by atoms with van der Waals surface area (Å²) < 4.78 is 13.8. The lowest BCUT2D eigenvalue weighted by Gasteiger charge is -1.97. The molecule has 1 nitrogen and oxygen atoms in total. The standard InChI is InChI=1S/C9H5BrFNS/c10-8-5-13-4-7(8)9-3-6(11)1-2-12-9/h1-5H. The SMILES string of the molecule is Fc1ccnc(-c2cscc2Br)c1. The van der Waals surface area contributed by atoms with Crippen LogP contribution in [-0.2, 0) is 0 Å². The summed E-state index contributed by atoms with van der Waals surface area (Å²) >= 11 is 4.93. The molecule has 66 valence electrons. The van der Waals surface area contributed by atoms with E-state index in [1.807, 2.05) is 10.8 Å². The van der Waals surface area contributed by atoms with E-state index in [1.54, 1.807) is 11.3 Å². The van der Waals surface area contributed by atoms with Crippen LogP contribution < -0.4 is 0 Å². The third-order valence-electron chi connectivity index (χ3n) is 1.61. The Balaban J connectivity index is 2.53. The van der Waals surface area contributed by atoms with E-state index in [0.29, 0.717) is 5.69 Å². The number of rotatable bonds is 1. The van der Waals surface area contributed by atoms with Gasteiger partial charge in [-0.15, -0.1) is 0 Å². The minimum Gasteiger partial charge on any atom is -0.256 e. The summed E-state index contributed by atoms with van der Waals surface area (Å²) in [5.74, 6) is -0.261. The van der Waals surface area contributed by atoms with Crippen LogP contribution in [0, 0.1) is 5.82 Å². The van der Waals surface area contributed by atoms with Crippen LogP contribution in [0.4, 0.5) is 4.39 Å². The van der Waals surface area contributed by atoms with Gasteiger partial charge in [0, 0.05) is 33.1 Å². The molecule has 0 N–H and O–H groups in total. The van der Waals surface area contributed by atoms with E-state index in [1.165, 1.54) is 18.3 Å². The van der Waals surface area contributed by atoms with Gasteiger partial charge in [-0.25, -0.2) is 4.39 Å². The van der Waals surface area contributed by atoms with Crippen LogP contribution in [0.5, 0.6) is 0 Å². The predicted molar refractivity (Wildman–Crippen MR) is 55.2 cm³/mol. The van der Waals surface area contributed by atoms with E-state index in [9.17, 15) is 4.39 Å². The van der Waals surface area contributed by atoms with Crippen LogP contribution >= 0.6 is 27.3 Å². The number of nitrogens with zero attached hydrogens (tertiary/aromatic N) is 1. The van der Waals surface area contributed by atoms with Gasteiger partial charge in [0.15, 0.2) is 0 Å². The molecular formula is C9H5BrFNS. The topological polar surface area (TPSA) is 12.9 Å². The molecule has 0 saturated heterocycles. The van der Waals surface area contributed by atoms with Crippen molar-refractivity contribution in [3.8, 4) is 11.3 Å². The minimum atomic E-state index is -0.261. The van der Waals surface area contributed by atoms with E-state index in [2.05, 4.69) is 20.9 Å². The zero-order chi connectivity index (χ0) is 9.26. The first-order valence-electron chi connectivity index (χ1n) is 3.61. The van der Waals surface area contributed by atoms with Gasteiger partial charge >= 0.3 is 0 Å². The summed E-state index contributed by atoms with van der Waals surface area (Å²) in [4.78, 5) is 4.08. The van der Waals surface area contributed by atoms with Gasteiger partial charge in [0.1, 0.15) is 5.82 Å². The maximum atomic E-state index is 12.8. The van der Waals surface area contributed by atoms with Crippen LogP contribution in [0.2, 0.25) is 0 Å². The van der Waals surface area contributed by atoms with Crippen molar-refractivity contribution in [2.24, 2.45) is 0 Å². The second kappa shape index (κ2) is 3.55. The lowest BCUT2D eigenvalue weighted by Crippen LogP contribution is -1.82. The molecule has 0 unspecified atom stereocenters. The van der Waals surface area contributed by atoms with Crippen molar-refractivity contribution < 1.29 is 4.39 Å². The van der Waals surface area contributed by atoms with Gasteiger partial charge in [0.05, 0.1) is 5.69 Å². The number of aromatic nitrogens is 1. The summed E-state index contributed by atoms with van der Waals surface area (Å²) in [6, 6.07) is 2.76. The third kappa shape index (κ3) is 1.78. The second-order valence-electron chi connectivity index (χ2n) is 2.49. The summed E-state index contributed by atoms with van der Waals surface area (Å²) in [6.07, 6.45) is 1.47. The Morgan fingerprint density at radius 2 is 2.23 bits per heavy atom. The van der Waals surface area contributed by atoms with E-state index < -0.39 is 0 Å². The highest BCUT2D eigenvalue weighted by Crippen LogP contribution is 2.30. The lowest BCUT2D eigenvalue weighted by molar-refractivity contribution is 0.626. The molecule has 0 amide bonds. The molecule has 0 atom stereocenters. The van der Waals surface area contributed by atoms with Gasteiger partial charge in [0.25, 0.3) is 0 Å². The first-order valence-corrected chi connectivity index (χ1v) is 5.34. The number of halogens is 2. The number of thiophene rings is 1. The molecule has 4 heteroatoms. The molecule has 0 bridgehead atoms. The van der Waals surface area contributed by atoms with Crippen molar-refractivity contribution in [3.63, 3.8) is 0 Å². The molecule has 0 saturated carbocycles. The normalized spacial score (nSPS) is 10.3. The van der Waals surface area contributed by atoms with E-state index in [-0.39, 0.29) is 5.82 Å². The van der Waals surface area contributed by atoms with Crippen LogP contribution in [0.15, 0.2) is 33.6 Å². The summed E-state index contributed by atoms with van der Waals surface area (Å²) in [6.45, 7) is 0. The largest absolute Gasteiger partial charge is 0.256 e. The molecular weight excluding hydrogens is 253 g/mol.